The maximum Gasteiger partial charge on any atom is 0.235 e. The Balaban J connectivity index is 2.22. The first-order valence-electron chi connectivity index (χ1n) is 5.92. The molecule has 0 saturated heterocycles. The minimum absolute atomic E-state index is 0.175. The molecule has 1 heterocycles. The molecule has 1 spiro atoms. The molecule has 3 N–H and O–H groups in total. The number of fused-ring (bicyclic) bond motifs is 2. The van der Waals surface area contributed by atoms with E-state index in [4.69, 9.17) is 5.73 Å². The van der Waals surface area contributed by atoms with Gasteiger partial charge in [0.15, 0.2) is 0 Å². The quantitative estimate of drug-likeness (QED) is 0.707. The first-order chi connectivity index (χ1) is 7.67. The lowest BCUT2D eigenvalue weighted by Gasteiger charge is -2.36. The van der Waals surface area contributed by atoms with E-state index >= 15 is 0 Å². The summed E-state index contributed by atoms with van der Waals surface area (Å²) in [6.07, 6.45) is 3.99. The maximum atomic E-state index is 12.1. The van der Waals surface area contributed by atoms with E-state index < -0.39 is 0 Å². The Labute approximate surface area is 95.0 Å². The van der Waals surface area contributed by atoms with Gasteiger partial charge in [0.05, 0.1) is 5.41 Å². The number of hydrogen-bond acceptors (Lipinski definition) is 2. The highest BCUT2D eigenvalue weighted by Crippen LogP contribution is 2.52. The number of nitrogens with two attached hydrogens (primary N) is 1. The number of amides is 1. The predicted molar refractivity (Wildman–Crippen MR) is 64.4 cm³/mol. The zero-order valence-corrected chi connectivity index (χ0v) is 9.47. The van der Waals surface area contributed by atoms with E-state index in [1.54, 1.807) is 0 Å². The minimum atomic E-state index is -0.241. The second kappa shape index (κ2) is 3.00. The number of aryl methyl sites for hydroxylation is 1. The predicted octanol–water partition coefficient (Wildman–Crippen LogP) is 2.21. The fourth-order valence-electron chi connectivity index (χ4n) is 2.91. The average molecular weight is 216 g/mol. The Kier molecular flexibility index (Phi) is 1.82. The van der Waals surface area contributed by atoms with Crippen LogP contribution in [0.15, 0.2) is 12.1 Å². The summed E-state index contributed by atoms with van der Waals surface area (Å²) in [5.41, 5.74) is 9.78. The van der Waals surface area contributed by atoms with Crippen LogP contribution in [0.4, 0.5) is 11.4 Å². The summed E-state index contributed by atoms with van der Waals surface area (Å²) in [7, 11) is 0. The van der Waals surface area contributed by atoms with Gasteiger partial charge in [-0.05, 0) is 42.5 Å². The molecule has 0 atom stereocenters. The molecule has 1 fully saturated rings. The van der Waals surface area contributed by atoms with Gasteiger partial charge >= 0.3 is 0 Å². The van der Waals surface area contributed by atoms with Gasteiger partial charge in [-0.3, -0.25) is 4.79 Å². The van der Waals surface area contributed by atoms with Crippen LogP contribution in [0.2, 0.25) is 0 Å². The molecule has 0 unspecified atom stereocenters. The molecule has 16 heavy (non-hydrogen) atoms. The van der Waals surface area contributed by atoms with Crippen molar-refractivity contribution in [2.45, 2.75) is 38.0 Å². The van der Waals surface area contributed by atoms with Crippen molar-refractivity contribution in [3.8, 4) is 0 Å². The number of anilines is 2. The molecule has 0 radical (unpaired) electrons. The van der Waals surface area contributed by atoms with E-state index in [0.717, 1.165) is 48.2 Å². The fraction of sp³-hybridized carbons (Fsp3) is 0.462. The molecule has 1 aromatic carbocycles. The van der Waals surface area contributed by atoms with Crippen LogP contribution in [0.5, 0.6) is 0 Å². The van der Waals surface area contributed by atoms with Crippen LogP contribution in [-0.4, -0.2) is 5.91 Å². The summed E-state index contributed by atoms with van der Waals surface area (Å²) >= 11 is 0. The molecule has 1 aliphatic carbocycles. The van der Waals surface area contributed by atoms with Crippen molar-refractivity contribution in [1.29, 1.82) is 0 Å². The van der Waals surface area contributed by atoms with Gasteiger partial charge in [-0.1, -0.05) is 13.3 Å². The topological polar surface area (TPSA) is 55.1 Å². The highest BCUT2D eigenvalue weighted by atomic mass is 16.2. The van der Waals surface area contributed by atoms with Crippen molar-refractivity contribution >= 4 is 17.3 Å². The van der Waals surface area contributed by atoms with E-state index in [2.05, 4.69) is 12.2 Å². The summed E-state index contributed by atoms with van der Waals surface area (Å²) in [6, 6.07) is 3.95. The third kappa shape index (κ3) is 1.01. The maximum absolute atomic E-state index is 12.1. The van der Waals surface area contributed by atoms with Gasteiger partial charge in [-0.15, -0.1) is 0 Å². The standard InChI is InChI=1S/C13H16N2O/c1-2-8-6-9(14)7-10-11(8)15-12(16)13(10)4-3-5-13/h6-7H,2-5,14H2,1H3,(H,15,16). The lowest BCUT2D eigenvalue weighted by atomic mass is 9.65. The molecule has 84 valence electrons. The molecule has 3 rings (SSSR count). The van der Waals surface area contributed by atoms with Crippen LogP contribution in [0.25, 0.3) is 0 Å². The zero-order valence-electron chi connectivity index (χ0n) is 9.47. The number of hydrogen-bond donors (Lipinski definition) is 2. The Bertz CT molecular complexity index is 475. The largest absolute Gasteiger partial charge is 0.399 e. The van der Waals surface area contributed by atoms with Gasteiger partial charge in [0, 0.05) is 11.4 Å². The van der Waals surface area contributed by atoms with Gasteiger partial charge in [-0.2, -0.15) is 0 Å². The number of nitrogen functional groups attached to an aromatic ring is 1. The van der Waals surface area contributed by atoms with E-state index in [1.807, 2.05) is 12.1 Å². The second-order valence-corrected chi connectivity index (χ2v) is 4.85. The lowest BCUT2D eigenvalue weighted by Crippen LogP contribution is -2.40. The van der Waals surface area contributed by atoms with Crippen molar-refractivity contribution in [1.82, 2.24) is 0 Å². The number of carbonyl (C=O) groups excluding carboxylic acids is 1. The SMILES string of the molecule is CCc1cc(N)cc2c1NC(=O)C21CCC1. The van der Waals surface area contributed by atoms with Gasteiger partial charge in [0.1, 0.15) is 0 Å². The second-order valence-electron chi connectivity index (χ2n) is 4.85. The van der Waals surface area contributed by atoms with Crippen LogP contribution in [0.1, 0.15) is 37.3 Å². The summed E-state index contributed by atoms with van der Waals surface area (Å²) in [6.45, 7) is 2.09. The van der Waals surface area contributed by atoms with Crippen LogP contribution >= 0.6 is 0 Å². The van der Waals surface area contributed by atoms with Gasteiger partial charge in [0.2, 0.25) is 5.91 Å². The van der Waals surface area contributed by atoms with Crippen LogP contribution in [-0.2, 0) is 16.6 Å². The van der Waals surface area contributed by atoms with Crippen molar-refractivity contribution in [2.75, 3.05) is 11.1 Å². The Morgan fingerprint density at radius 1 is 1.44 bits per heavy atom. The third-order valence-corrected chi connectivity index (χ3v) is 4.02. The van der Waals surface area contributed by atoms with Crippen LogP contribution in [0.3, 0.4) is 0 Å². The molecule has 0 bridgehead atoms. The summed E-state index contributed by atoms with van der Waals surface area (Å²) in [5.74, 6) is 0.175. The smallest absolute Gasteiger partial charge is 0.235 e. The van der Waals surface area contributed by atoms with E-state index in [9.17, 15) is 4.79 Å². The van der Waals surface area contributed by atoms with Gasteiger partial charge in [-0.25, -0.2) is 0 Å². The molecule has 1 amide bonds. The van der Waals surface area contributed by atoms with E-state index in [1.165, 1.54) is 0 Å². The first kappa shape index (κ1) is 9.70. The minimum Gasteiger partial charge on any atom is -0.399 e. The lowest BCUT2D eigenvalue weighted by molar-refractivity contribution is -0.123. The highest BCUT2D eigenvalue weighted by Gasteiger charge is 2.51. The Hall–Kier alpha value is -1.51. The van der Waals surface area contributed by atoms with E-state index in [-0.39, 0.29) is 11.3 Å². The first-order valence-corrected chi connectivity index (χ1v) is 5.92. The number of rotatable bonds is 1. The van der Waals surface area contributed by atoms with Crippen molar-refractivity contribution in [3.05, 3.63) is 23.3 Å². The molecule has 0 aromatic heterocycles. The fourth-order valence-corrected chi connectivity index (χ4v) is 2.91. The van der Waals surface area contributed by atoms with Crippen molar-refractivity contribution < 1.29 is 4.79 Å². The molecule has 3 heteroatoms. The van der Waals surface area contributed by atoms with Crippen molar-refractivity contribution in [2.24, 2.45) is 0 Å². The molecule has 2 aliphatic rings. The molecular weight excluding hydrogens is 200 g/mol. The van der Waals surface area contributed by atoms with Gasteiger partial charge in [0.25, 0.3) is 0 Å². The highest BCUT2D eigenvalue weighted by molar-refractivity contribution is 6.08. The Morgan fingerprint density at radius 3 is 2.75 bits per heavy atom. The summed E-state index contributed by atoms with van der Waals surface area (Å²) < 4.78 is 0. The molecule has 3 nitrogen and oxygen atoms in total. The van der Waals surface area contributed by atoms with Gasteiger partial charge < -0.3 is 11.1 Å². The average Bonchev–Trinajstić information content (AvgIpc) is 2.48. The summed E-state index contributed by atoms with van der Waals surface area (Å²) in [5, 5.41) is 3.04. The summed E-state index contributed by atoms with van der Waals surface area (Å²) in [4.78, 5) is 12.1. The third-order valence-electron chi connectivity index (χ3n) is 4.02. The number of benzene rings is 1. The Morgan fingerprint density at radius 2 is 2.19 bits per heavy atom. The molecular formula is C13H16N2O. The molecule has 1 saturated carbocycles. The molecule has 1 aromatic rings. The van der Waals surface area contributed by atoms with Crippen molar-refractivity contribution in [3.63, 3.8) is 0 Å². The monoisotopic (exact) mass is 216 g/mol. The van der Waals surface area contributed by atoms with Crippen LogP contribution < -0.4 is 11.1 Å². The zero-order chi connectivity index (χ0) is 11.3. The van der Waals surface area contributed by atoms with E-state index in [0.29, 0.717) is 0 Å². The number of carbonyl (C=O) groups is 1. The number of nitrogens with one attached hydrogen (secondary N) is 1. The van der Waals surface area contributed by atoms with Crippen LogP contribution in [0, 0.1) is 0 Å². The molecule has 1 aliphatic heterocycles. The normalized spacial score (nSPS) is 20.4.